The summed E-state index contributed by atoms with van der Waals surface area (Å²) in [5, 5.41) is 10.8. The first-order chi connectivity index (χ1) is 10.1. The minimum absolute atomic E-state index is 0.193. The van der Waals surface area contributed by atoms with Gasteiger partial charge in [0.25, 0.3) is 5.69 Å². The van der Waals surface area contributed by atoms with E-state index >= 15 is 0 Å². The quantitative estimate of drug-likeness (QED) is 0.634. The lowest BCUT2D eigenvalue weighted by Crippen LogP contribution is -2.40. The van der Waals surface area contributed by atoms with Crippen LogP contribution < -0.4 is 0 Å². The van der Waals surface area contributed by atoms with Crippen LogP contribution in [-0.2, 0) is 6.54 Å². The maximum absolute atomic E-state index is 10.8. The normalized spacial score (nSPS) is 22.7. The Hall–Kier alpha value is -1.46. The van der Waals surface area contributed by atoms with Crippen LogP contribution in [0.15, 0.2) is 24.3 Å². The maximum Gasteiger partial charge on any atom is 0.269 e. The molecule has 0 N–H and O–H groups in total. The van der Waals surface area contributed by atoms with Gasteiger partial charge in [0.05, 0.1) is 4.92 Å². The Balaban J connectivity index is 1.58. The predicted octanol–water partition coefficient (Wildman–Crippen LogP) is 2.51. The third kappa shape index (κ3) is 3.24. The molecule has 0 atom stereocenters. The van der Waals surface area contributed by atoms with E-state index in [9.17, 15) is 10.1 Å². The van der Waals surface area contributed by atoms with Gasteiger partial charge in [-0.3, -0.25) is 15.0 Å². The zero-order valence-corrected chi connectivity index (χ0v) is 12.6. The standard InChI is InChI=1S/C16H23N3O2/c1-17-8-5-16(13-17)6-9-18(10-7-16)12-14-3-2-4-15(11-14)19(20)21/h2-4,11H,5-10,12-13H2,1H3. The maximum atomic E-state index is 10.8. The summed E-state index contributed by atoms with van der Waals surface area (Å²) < 4.78 is 0. The molecule has 114 valence electrons. The van der Waals surface area contributed by atoms with Crippen molar-refractivity contribution in [1.29, 1.82) is 0 Å². The first-order valence-electron chi connectivity index (χ1n) is 7.71. The molecule has 0 aliphatic carbocycles. The topological polar surface area (TPSA) is 49.6 Å². The smallest absolute Gasteiger partial charge is 0.269 e. The lowest BCUT2D eigenvalue weighted by atomic mass is 9.78. The van der Waals surface area contributed by atoms with Crippen LogP contribution in [0.2, 0.25) is 0 Å². The molecule has 2 fully saturated rings. The van der Waals surface area contributed by atoms with Gasteiger partial charge in [-0.15, -0.1) is 0 Å². The van der Waals surface area contributed by atoms with Crippen molar-refractivity contribution in [1.82, 2.24) is 9.80 Å². The minimum Gasteiger partial charge on any atom is -0.306 e. The number of likely N-dealkylation sites (tertiary alicyclic amines) is 2. The molecule has 2 saturated heterocycles. The van der Waals surface area contributed by atoms with Crippen molar-refractivity contribution < 1.29 is 4.92 Å². The highest BCUT2D eigenvalue weighted by atomic mass is 16.6. The van der Waals surface area contributed by atoms with E-state index in [1.807, 2.05) is 6.07 Å². The van der Waals surface area contributed by atoms with Crippen LogP contribution in [0.1, 0.15) is 24.8 Å². The minimum atomic E-state index is -0.316. The second-order valence-electron chi connectivity index (χ2n) is 6.69. The van der Waals surface area contributed by atoms with Crippen molar-refractivity contribution in [3.63, 3.8) is 0 Å². The fraction of sp³-hybridized carbons (Fsp3) is 0.625. The number of hydrogen-bond donors (Lipinski definition) is 0. The number of nitrogens with zero attached hydrogens (tertiary/aromatic N) is 3. The van der Waals surface area contributed by atoms with Crippen molar-refractivity contribution in [3.05, 3.63) is 39.9 Å². The van der Waals surface area contributed by atoms with Crippen molar-refractivity contribution in [2.45, 2.75) is 25.8 Å². The molecule has 2 heterocycles. The second-order valence-corrected chi connectivity index (χ2v) is 6.69. The number of benzene rings is 1. The fourth-order valence-electron chi connectivity index (χ4n) is 3.78. The van der Waals surface area contributed by atoms with Gasteiger partial charge in [-0.05, 0) is 56.9 Å². The molecule has 1 aromatic carbocycles. The average molecular weight is 289 g/mol. The van der Waals surface area contributed by atoms with E-state index in [4.69, 9.17) is 0 Å². The number of hydrogen-bond acceptors (Lipinski definition) is 4. The summed E-state index contributed by atoms with van der Waals surface area (Å²) in [6.45, 7) is 5.50. The molecule has 0 saturated carbocycles. The van der Waals surface area contributed by atoms with E-state index in [0.29, 0.717) is 5.41 Å². The first-order valence-corrected chi connectivity index (χ1v) is 7.71. The van der Waals surface area contributed by atoms with Crippen LogP contribution in [0.4, 0.5) is 5.69 Å². The molecule has 2 aliphatic rings. The van der Waals surface area contributed by atoms with Crippen LogP contribution in [0.5, 0.6) is 0 Å². The van der Waals surface area contributed by atoms with Gasteiger partial charge in [0, 0.05) is 25.2 Å². The zero-order chi connectivity index (χ0) is 14.9. The molecular weight excluding hydrogens is 266 g/mol. The SMILES string of the molecule is CN1CCC2(CCN(Cc3cccc([N+](=O)[O-])c3)CC2)C1. The van der Waals surface area contributed by atoms with Gasteiger partial charge in [-0.25, -0.2) is 0 Å². The van der Waals surface area contributed by atoms with Gasteiger partial charge in [-0.1, -0.05) is 12.1 Å². The molecule has 1 spiro atoms. The molecule has 0 aromatic heterocycles. The Kier molecular flexibility index (Phi) is 3.95. The van der Waals surface area contributed by atoms with Crippen LogP contribution in [0.3, 0.4) is 0 Å². The highest BCUT2D eigenvalue weighted by Gasteiger charge is 2.39. The van der Waals surface area contributed by atoms with E-state index in [2.05, 4.69) is 16.8 Å². The van der Waals surface area contributed by atoms with Crippen molar-refractivity contribution >= 4 is 5.69 Å². The average Bonchev–Trinajstić information content (AvgIpc) is 2.83. The van der Waals surface area contributed by atoms with Crippen LogP contribution in [0.25, 0.3) is 0 Å². The number of nitro groups is 1. The number of non-ortho nitro benzene ring substituents is 1. The summed E-state index contributed by atoms with van der Waals surface area (Å²) in [6.07, 6.45) is 3.84. The van der Waals surface area contributed by atoms with Crippen LogP contribution in [0, 0.1) is 15.5 Å². The summed E-state index contributed by atoms with van der Waals surface area (Å²) >= 11 is 0. The van der Waals surface area contributed by atoms with E-state index in [0.717, 1.165) is 25.2 Å². The number of nitro benzene ring substituents is 1. The fourth-order valence-corrected chi connectivity index (χ4v) is 3.78. The molecular formula is C16H23N3O2. The Bertz CT molecular complexity index is 524. The van der Waals surface area contributed by atoms with Gasteiger partial charge < -0.3 is 4.90 Å². The van der Waals surface area contributed by atoms with Gasteiger partial charge in [-0.2, -0.15) is 0 Å². The van der Waals surface area contributed by atoms with Crippen LogP contribution in [-0.4, -0.2) is 47.9 Å². The summed E-state index contributed by atoms with van der Waals surface area (Å²) in [7, 11) is 2.21. The number of piperidine rings is 1. The third-order valence-corrected chi connectivity index (χ3v) is 5.07. The van der Waals surface area contributed by atoms with Gasteiger partial charge >= 0.3 is 0 Å². The molecule has 21 heavy (non-hydrogen) atoms. The Morgan fingerprint density at radius 2 is 1.95 bits per heavy atom. The molecule has 0 bridgehead atoms. The molecule has 5 nitrogen and oxygen atoms in total. The van der Waals surface area contributed by atoms with Crippen LogP contribution >= 0.6 is 0 Å². The van der Waals surface area contributed by atoms with E-state index in [1.54, 1.807) is 18.2 Å². The predicted molar refractivity (Wildman–Crippen MR) is 82.2 cm³/mol. The summed E-state index contributed by atoms with van der Waals surface area (Å²) in [5.74, 6) is 0. The number of rotatable bonds is 3. The largest absolute Gasteiger partial charge is 0.306 e. The molecule has 1 aromatic rings. The summed E-state index contributed by atoms with van der Waals surface area (Å²) in [5.41, 5.74) is 1.77. The van der Waals surface area contributed by atoms with E-state index in [-0.39, 0.29) is 10.6 Å². The molecule has 0 amide bonds. The third-order valence-electron chi connectivity index (χ3n) is 5.07. The molecule has 5 heteroatoms. The monoisotopic (exact) mass is 289 g/mol. The highest BCUT2D eigenvalue weighted by molar-refractivity contribution is 5.34. The van der Waals surface area contributed by atoms with Crippen molar-refractivity contribution in [2.75, 3.05) is 33.2 Å². The lowest BCUT2D eigenvalue weighted by Gasteiger charge is -2.39. The Morgan fingerprint density at radius 1 is 1.24 bits per heavy atom. The highest BCUT2D eigenvalue weighted by Crippen LogP contribution is 2.40. The lowest BCUT2D eigenvalue weighted by molar-refractivity contribution is -0.384. The van der Waals surface area contributed by atoms with E-state index in [1.165, 1.54) is 32.4 Å². The molecule has 0 radical (unpaired) electrons. The van der Waals surface area contributed by atoms with Gasteiger partial charge in [0.2, 0.25) is 0 Å². The Morgan fingerprint density at radius 3 is 2.57 bits per heavy atom. The first kappa shape index (κ1) is 14.5. The van der Waals surface area contributed by atoms with E-state index < -0.39 is 0 Å². The summed E-state index contributed by atoms with van der Waals surface area (Å²) in [4.78, 5) is 15.4. The van der Waals surface area contributed by atoms with Gasteiger partial charge in [0.15, 0.2) is 0 Å². The van der Waals surface area contributed by atoms with Crippen molar-refractivity contribution in [3.8, 4) is 0 Å². The van der Waals surface area contributed by atoms with Gasteiger partial charge in [0.1, 0.15) is 0 Å². The molecule has 3 rings (SSSR count). The molecule has 2 aliphatic heterocycles. The molecule has 0 unspecified atom stereocenters. The zero-order valence-electron chi connectivity index (χ0n) is 12.6. The summed E-state index contributed by atoms with van der Waals surface area (Å²) in [6, 6.07) is 7.03. The Labute approximate surface area is 125 Å². The van der Waals surface area contributed by atoms with Crippen molar-refractivity contribution in [2.24, 2.45) is 5.41 Å². The second kappa shape index (κ2) is 5.73.